The van der Waals surface area contributed by atoms with E-state index in [2.05, 4.69) is 13.8 Å². The van der Waals surface area contributed by atoms with Gasteiger partial charge in [0.1, 0.15) is 9.80 Å². The molecule has 1 aromatic rings. The summed E-state index contributed by atoms with van der Waals surface area (Å²) in [7, 11) is -2.98. The third kappa shape index (κ3) is 3.09. The molecule has 1 rings (SSSR count). The van der Waals surface area contributed by atoms with Gasteiger partial charge in [-0.2, -0.15) is 0 Å². The van der Waals surface area contributed by atoms with E-state index < -0.39 is 9.80 Å². The number of hydrogen-bond donors (Lipinski definition) is 1. The van der Waals surface area contributed by atoms with E-state index >= 15 is 0 Å². The molecule has 0 amide bonds. The van der Waals surface area contributed by atoms with E-state index in [0.717, 1.165) is 4.86 Å². The van der Waals surface area contributed by atoms with Crippen molar-refractivity contribution in [1.29, 1.82) is 0 Å². The average molecular weight is 240 g/mol. The Kier molecular flexibility index (Phi) is 4.56. The van der Waals surface area contributed by atoms with Gasteiger partial charge in [0.15, 0.2) is 0 Å². The maximum atomic E-state index is 12.4. The van der Waals surface area contributed by atoms with Gasteiger partial charge in [-0.25, -0.2) is 4.21 Å². The molecule has 0 fully saturated rings. The van der Waals surface area contributed by atoms with Crippen LogP contribution in [-0.4, -0.2) is 13.6 Å². The van der Waals surface area contributed by atoms with Crippen molar-refractivity contribution < 1.29 is 8.76 Å². The van der Waals surface area contributed by atoms with Crippen LogP contribution in [0.15, 0.2) is 35.2 Å². The SMILES string of the molecule is CCC(CC(C)C)=S(=O)(O)c1ccccc1. The zero-order valence-electron chi connectivity index (χ0n) is 10.1. The molecular weight excluding hydrogens is 220 g/mol. The standard InChI is InChI=1S/C13H20O2S/c1-4-12(10-11(2)3)16(14,15)13-8-6-5-7-9-13/h5-9,11H,4,10H2,1-3H3,(H,14,15). The lowest BCUT2D eigenvalue weighted by Crippen LogP contribution is -2.15. The Labute approximate surface area is 98.5 Å². The van der Waals surface area contributed by atoms with E-state index in [9.17, 15) is 8.76 Å². The number of benzene rings is 1. The first-order valence-corrected chi connectivity index (χ1v) is 7.16. The van der Waals surface area contributed by atoms with Gasteiger partial charge in [0.05, 0.1) is 4.90 Å². The Morgan fingerprint density at radius 1 is 1.31 bits per heavy atom. The normalized spacial score (nSPS) is 14.8. The molecule has 0 aliphatic rings. The molecule has 16 heavy (non-hydrogen) atoms. The molecule has 0 spiro atoms. The predicted octanol–water partition coefficient (Wildman–Crippen LogP) is 3.43. The highest BCUT2D eigenvalue weighted by atomic mass is 32.2. The van der Waals surface area contributed by atoms with Gasteiger partial charge < -0.3 is 4.55 Å². The maximum absolute atomic E-state index is 12.4. The van der Waals surface area contributed by atoms with Gasteiger partial charge in [-0.3, -0.25) is 0 Å². The molecule has 0 saturated carbocycles. The van der Waals surface area contributed by atoms with Crippen molar-refractivity contribution in [3.63, 3.8) is 0 Å². The summed E-state index contributed by atoms with van der Waals surface area (Å²) in [6.45, 7) is 6.07. The molecule has 1 aromatic carbocycles. The van der Waals surface area contributed by atoms with E-state index in [1.165, 1.54) is 0 Å². The highest BCUT2D eigenvalue weighted by Crippen LogP contribution is 2.15. The molecule has 90 valence electrons. The topological polar surface area (TPSA) is 37.3 Å². The first-order chi connectivity index (χ1) is 7.48. The van der Waals surface area contributed by atoms with E-state index in [-0.39, 0.29) is 0 Å². The smallest absolute Gasteiger partial charge is 0.110 e. The molecule has 2 nitrogen and oxygen atoms in total. The minimum Gasteiger partial charge on any atom is -0.310 e. The maximum Gasteiger partial charge on any atom is 0.110 e. The molecule has 0 bridgehead atoms. The van der Waals surface area contributed by atoms with Crippen LogP contribution < -0.4 is 0 Å². The van der Waals surface area contributed by atoms with Crippen molar-refractivity contribution in [2.75, 3.05) is 0 Å². The van der Waals surface area contributed by atoms with Crippen molar-refractivity contribution in [2.45, 2.75) is 38.5 Å². The van der Waals surface area contributed by atoms with E-state index in [1.54, 1.807) is 24.3 Å². The molecule has 1 atom stereocenters. The molecular formula is C13H20O2S. The van der Waals surface area contributed by atoms with Crippen LogP contribution in [0.2, 0.25) is 0 Å². The summed E-state index contributed by atoms with van der Waals surface area (Å²) in [5, 5.41) is 0. The lowest BCUT2D eigenvalue weighted by Gasteiger charge is -2.13. The van der Waals surface area contributed by atoms with Crippen LogP contribution in [0.1, 0.15) is 33.6 Å². The van der Waals surface area contributed by atoms with Crippen molar-refractivity contribution in [2.24, 2.45) is 5.92 Å². The summed E-state index contributed by atoms with van der Waals surface area (Å²) in [5.41, 5.74) is 0. The third-order valence-corrected chi connectivity index (χ3v) is 4.63. The highest BCUT2D eigenvalue weighted by molar-refractivity contribution is 7.97. The van der Waals surface area contributed by atoms with Crippen molar-refractivity contribution in [3.05, 3.63) is 30.3 Å². The lowest BCUT2D eigenvalue weighted by molar-refractivity contribution is 0.556. The molecule has 1 unspecified atom stereocenters. The van der Waals surface area contributed by atoms with Gasteiger partial charge in [0.25, 0.3) is 0 Å². The fraction of sp³-hybridized carbons (Fsp3) is 0.462. The molecule has 0 aliphatic heterocycles. The van der Waals surface area contributed by atoms with E-state index in [0.29, 0.717) is 23.7 Å². The van der Waals surface area contributed by atoms with Crippen LogP contribution in [0, 0.1) is 5.92 Å². The summed E-state index contributed by atoms with van der Waals surface area (Å²) in [5.74, 6) is 0.409. The van der Waals surface area contributed by atoms with E-state index in [4.69, 9.17) is 0 Å². The number of hydrogen-bond acceptors (Lipinski definition) is 1. The Hall–Kier alpha value is -0.800. The van der Waals surface area contributed by atoms with Crippen LogP contribution >= 0.6 is 0 Å². The summed E-state index contributed by atoms with van der Waals surface area (Å²) >= 11 is 0. The Morgan fingerprint density at radius 3 is 2.31 bits per heavy atom. The zero-order valence-corrected chi connectivity index (χ0v) is 11.0. The van der Waals surface area contributed by atoms with E-state index in [1.807, 2.05) is 13.0 Å². The van der Waals surface area contributed by atoms with Crippen LogP contribution in [0.3, 0.4) is 0 Å². The summed E-state index contributed by atoms with van der Waals surface area (Å²) in [4.78, 5) is 1.27. The Balaban J connectivity index is 3.25. The molecule has 3 heteroatoms. The van der Waals surface area contributed by atoms with Gasteiger partial charge >= 0.3 is 0 Å². The third-order valence-electron chi connectivity index (χ3n) is 2.48. The molecule has 0 radical (unpaired) electrons. The molecule has 0 heterocycles. The average Bonchev–Trinajstić information content (AvgIpc) is 2.26. The monoisotopic (exact) mass is 240 g/mol. The van der Waals surface area contributed by atoms with Gasteiger partial charge in [-0.05, 0) is 30.9 Å². The van der Waals surface area contributed by atoms with Crippen LogP contribution in [0.4, 0.5) is 0 Å². The quantitative estimate of drug-likeness (QED) is 0.819. The molecule has 0 aliphatic carbocycles. The van der Waals surface area contributed by atoms with Gasteiger partial charge in [-0.15, -0.1) is 0 Å². The second kappa shape index (κ2) is 5.51. The first-order valence-electron chi connectivity index (χ1n) is 5.65. The molecule has 0 aromatic heterocycles. The van der Waals surface area contributed by atoms with Crippen molar-refractivity contribution in [3.8, 4) is 0 Å². The summed E-state index contributed by atoms with van der Waals surface area (Å²) in [6, 6.07) is 8.89. The highest BCUT2D eigenvalue weighted by Gasteiger charge is 2.14. The van der Waals surface area contributed by atoms with Gasteiger partial charge in [-0.1, -0.05) is 39.0 Å². The Bertz CT molecular complexity index is 440. The fourth-order valence-corrected chi connectivity index (χ4v) is 3.49. The van der Waals surface area contributed by atoms with Crippen LogP contribution in [0.25, 0.3) is 0 Å². The minimum atomic E-state index is -2.98. The fourth-order valence-electron chi connectivity index (χ4n) is 1.68. The van der Waals surface area contributed by atoms with Gasteiger partial charge in [0, 0.05) is 4.86 Å². The molecule has 1 N–H and O–H groups in total. The molecule has 0 saturated heterocycles. The largest absolute Gasteiger partial charge is 0.310 e. The van der Waals surface area contributed by atoms with Gasteiger partial charge in [0.2, 0.25) is 0 Å². The van der Waals surface area contributed by atoms with Crippen molar-refractivity contribution in [1.82, 2.24) is 0 Å². The lowest BCUT2D eigenvalue weighted by atomic mass is 10.1. The summed E-state index contributed by atoms with van der Waals surface area (Å²) < 4.78 is 22.6. The first kappa shape index (κ1) is 13.3. The number of rotatable bonds is 4. The zero-order chi connectivity index (χ0) is 12.2. The van der Waals surface area contributed by atoms with Crippen LogP contribution in [0.5, 0.6) is 0 Å². The van der Waals surface area contributed by atoms with Crippen molar-refractivity contribution >= 4 is 14.7 Å². The Morgan fingerprint density at radius 2 is 1.88 bits per heavy atom. The second-order valence-corrected chi connectivity index (χ2v) is 6.43. The van der Waals surface area contributed by atoms with Crippen LogP contribution in [-0.2, 0) is 9.80 Å². The predicted molar refractivity (Wildman–Crippen MR) is 70.2 cm³/mol. The minimum absolute atomic E-state index is 0.409. The second-order valence-electron chi connectivity index (χ2n) is 4.33. The summed E-state index contributed by atoms with van der Waals surface area (Å²) in [6.07, 6.45) is 1.36.